The third-order valence-corrected chi connectivity index (χ3v) is 9.20. The van der Waals surface area contributed by atoms with Crippen molar-refractivity contribution in [3.8, 4) is 11.1 Å². The van der Waals surface area contributed by atoms with E-state index >= 15 is 4.39 Å². The molecular weight excluding hydrogens is 514 g/mol. The molecule has 7 nitrogen and oxygen atoms in total. The van der Waals surface area contributed by atoms with E-state index in [1.54, 1.807) is 22.3 Å². The molecule has 3 aliphatic heterocycles. The smallest absolute Gasteiger partial charge is 0.255 e. The maximum Gasteiger partial charge on any atom is 0.255 e. The van der Waals surface area contributed by atoms with Crippen LogP contribution in [0.4, 0.5) is 8.78 Å². The summed E-state index contributed by atoms with van der Waals surface area (Å²) < 4.78 is 42.9. The average Bonchev–Trinajstić information content (AvgIpc) is 3.20. The Bertz CT molecular complexity index is 1400. The fourth-order valence-corrected chi connectivity index (χ4v) is 6.78. The molecule has 0 spiro atoms. The topological polar surface area (TPSA) is 59.3 Å². The molecule has 9 heteroatoms. The quantitative estimate of drug-likeness (QED) is 0.443. The second kappa shape index (κ2) is 10.8. The highest BCUT2D eigenvalue weighted by atomic mass is 19.1. The van der Waals surface area contributed by atoms with Gasteiger partial charge in [-0.05, 0) is 75.8 Å². The number of nitrogens with zero attached hydrogens (tertiary/aromatic N) is 4. The molecule has 214 valence electrons. The minimum atomic E-state index is -0.599. The first-order chi connectivity index (χ1) is 19.2. The van der Waals surface area contributed by atoms with Gasteiger partial charge in [-0.25, -0.2) is 9.37 Å². The van der Waals surface area contributed by atoms with Crippen LogP contribution in [0.1, 0.15) is 61.3 Å². The number of aryl methyl sites for hydroxylation is 1. The number of likely N-dealkylation sites (tertiary alicyclic amines) is 1. The second-order valence-corrected chi connectivity index (χ2v) is 11.8. The van der Waals surface area contributed by atoms with E-state index in [0.29, 0.717) is 47.6 Å². The van der Waals surface area contributed by atoms with Gasteiger partial charge in [0.15, 0.2) is 0 Å². The maximum absolute atomic E-state index is 15.3. The maximum atomic E-state index is 15.3. The summed E-state index contributed by atoms with van der Waals surface area (Å²) in [5.41, 5.74) is 2.66. The van der Waals surface area contributed by atoms with Gasteiger partial charge in [0.05, 0.1) is 30.9 Å². The number of aromatic nitrogens is 2. The van der Waals surface area contributed by atoms with E-state index in [1.165, 1.54) is 12.1 Å². The van der Waals surface area contributed by atoms with Crippen molar-refractivity contribution in [1.29, 1.82) is 0 Å². The van der Waals surface area contributed by atoms with E-state index in [2.05, 4.69) is 16.8 Å². The zero-order chi connectivity index (χ0) is 28.1. The SMILES string of the molecule is Cc1nc(F)c2c(-c3ccc(F)cc3C(=O)N3[C@H](C)COC[C@H]3C)cc(C3CN([C@H](C)C4CCOCC4)C3)cn12. The van der Waals surface area contributed by atoms with Crippen molar-refractivity contribution < 1.29 is 23.0 Å². The van der Waals surface area contributed by atoms with E-state index in [9.17, 15) is 9.18 Å². The van der Waals surface area contributed by atoms with E-state index in [4.69, 9.17) is 9.47 Å². The molecule has 0 N–H and O–H groups in total. The Morgan fingerprint density at radius 3 is 2.42 bits per heavy atom. The first-order valence-electron chi connectivity index (χ1n) is 14.4. The number of amides is 1. The molecule has 0 aliphatic carbocycles. The first-order valence-corrected chi connectivity index (χ1v) is 14.4. The summed E-state index contributed by atoms with van der Waals surface area (Å²) in [5, 5.41) is 0. The van der Waals surface area contributed by atoms with Crippen LogP contribution in [0, 0.1) is 24.6 Å². The minimum Gasteiger partial charge on any atom is -0.381 e. The number of fused-ring (bicyclic) bond motifs is 1. The van der Waals surface area contributed by atoms with Crippen LogP contribution in [0.5, 0.6) is 0 Å². The molecule has 5 heterocycles. The van der Waals surface area contributed by atoms with Gasteiger partial charge < -0.3 is 18.8 Å². The van der Waals surface area contributed by atoms with Gasteiger partial charge in [0, 0.05) is 50.0 Å². The second-order valence-electron chi connectivity index (χ2n) is 11.8. The number of carbonyl (C=O) groups is 1. The van der Waals surface area contributed by atoms with E-state index in [-0.39, 0.29) is 29.5 Å². The molecule has 1 amide bonds. The summed E-state index contributed by atoms with van der Waals surface area (Å²) in [5.74, 6) is 0.0588. The molecule has 40 heavy (non-hydrogen) atoms. The highest BCUT2D eigenvalue weighted by Gasteiger charge is 2.37. The standard InChI is InChI=1S/C31H38F2N4O3/c1-18-16-40-17-19(2)37(18)31(38)28-12-25(32)5-6-26(28)27-11-23(15-36-21(4)34-30(33)29(27)36)24-13-35(14-24)20(3)22-7-9-39-10-8-22/h5-6,11-12,15,18-20,22,24H,7-10,13-14,16-17H2,1-4H3/t18-,19-,20-/m1/s1. The molecular formula is C31H38F2N4O3. The number of carbonyl (C=O) groups excluding carboxylic acids is 1. The number of ether oxygens (including phenoxy) is 2. The van der Waals surface area contributed by atoms with Gasteiger partial charge in [-0.2, -0.15) is 4.39 Å². The molecule has 2 aromatic heterocycles. The molecule has 3 saturated heterocycles. The number of morpholine rings is 1. The molecule has 0 bridgehead atoms. The van der Waals surface area contributed by atoms with Crippen molar-refractivity contribution in [2.75, 3.05) is 39.5 Å². The third kappa shape index (κ3) is 4.82. The fraction of sp³-hybridized carbons (Fsp3) is 0.548. The van der Waals surface area contributed by atoms with Crippen LogP contribution in [0.2, 0.25) is 0 Å². The van der Waals surface area contributed by atoms with Gasteiger partial charge in [0.1, 0.15) is 17.2 Å². The Labute approximate surface area is 234 Å². The zero-order valence-corrected chi connectivity index (χ0v) is 23.7. The van der Waals surface area contributed by atoms with Gasteiger partial charge in [0.2, 0.25) is 5.95 Å². The predicted molar refractivity (Wildman–Crippen MR) is 149 cm³/mol. The van der Waals surface area contributed by atoms with Crippen LogP contribution in [0.25, 0.3) is 16.6 Å². The summed E-state index contributed by atoms with van der Waals surface area (Å²) >= 11 is 0. The van der Waals surface area contributed by atoms with Crippen LogP contribution in [0.3, 0.4) is 0 Å². The highest BCUT2D eigenvalue weighted by molar-refractivity contribution is 6.03. The molecule has 3 fully saturated rings. The molecule has 1 aromatic carbocycles. The summed E-state index contributed by atoms with van der Waals surface area (Å²) in [6.07, 6.45) is 4.16. The Morgan fingerprint density at radius 2 is 1.73 bits per heavy atom. The largest absolute Gasteiger partial charge is 0.381 e. The fourth-order valence-electron chi connectivity index (χ4n) is 6.78. The van der Waals surface area contributed by atoms with Crippen molar-refractivity contribution in [1.82, 2.24) is 19.2 Å². The number of benzene rings is 1. The lowest BCUT2D eigenvalue weighted by atomic mass is 9.84. The van der Waals surface area contributed by atoms with E-state index in [1.807, 2.05) is 26.1 Å². The minimum absolute atomic E-state index is 0.161. The Morgan fingerprint density at radius 1 is 1.02 bits per heavy atom. The molecule has 3 aromatic rings. The average molecular weight is 553 g/mol. The third-order valence-electron chi connectivity index (χ3n) is 9.20. The highest BCUT2D eigenvalue weighted by Crippen LogP contribution is 2.38. The lowest BCUT2D eigenvalue weighted by Gasteiger charge is -2.46. The van der Waals surface area contributed by atoms with Crippen molar-refractivity contribution in [2.45, 2.75) is 64.6 Å². The number of pyridine rings is 1. The van der Waals surface area contributed by atoms with Crippen LogP contribution in [0.15, 0.2) is 30.5 Å². The number of halogens is 2. The van der Waals surface area contributed by atoms with Crippen LogP contribution >= 0.6 is 0 Å². The van der Waals surface area contributed by atoms with Gasteiger partial charge in [-0.1, -0.05) is 6.07 Å². The summed E-state index contributed by atoms with van der Waals surface area (Å²) in [6, 6.07) is 6.35. The summed E-state index contributed by atoms with van der Waals surface area (Å²) in [7, 11) is 0. The first kappa shape index (κ1) is 27.3. The van der Waals surface area contributed by atoms with Crippen molar-refractivity contribution >= 4 is 11.4 Å². The Hall–Kier alpha value is -2.88. The van der Waals surface area contributed by atoms with Gasteiger partial charge in [-0.3, -0.25) is 9.69 Å². The molecule has 3 atom stereocenters. The van der Waals surface area contributed by atoms with Gasteiger partial charge in [0.25, 0.3) is 5.91 Å². The van der Waals surface area contributed by atoms with Gasteiger partial charge >= 0.3 is 0 Å². The number of rotatable bonds is 5. The van der Waals surface area contributed by atoms with Crippen molar-refractivity contribution in [3.63, 3.8) is 0 Å². The lowest BCUT2D eigenvalue weighted by Crippen LogP contribution is -2.52. The normalized spacial score (nSPS) is 23.9. The number of hydrogen-bond acceptors (Lipinski definition) is 5. The summed E-state index contributed by atoms with van der Waals surface area (Å²) in [6.45, 7) is 12.3. The number of hydrogen-bond donors (Lipinski definition) is 0. The van der Waals surface area contributed by atoms with Gasteiger partial charge in [-0.15, -0.1) is 0 Å². The Balaban J connectivity index is 1.38. The van der Waals surface area contributed by atoms with E-state index < -0.39 is 11.8 Å². The van der Waals surface area contributed by atoms with Crippen molar-refractivity contribution in [2.24, 2.45) is 5.92 Å². The van der Waals surface area contributed by atoms with Crippen LogP contribution in [-0.2, 0) is 9.47 Å². The monoisotopic (exact) mass is 552 g/mol. The Kier molecular flexibility index (Phi) is 7.39. The molecule has 6 rings (SSSR count). The molecule has 0 saturated carbocycles. The lowest BCUT2D eigenvalue weighted by molar-refractivity contribution is -0.0249. The van der Waals surface area contributed by atoms with E-state index in [0.717, 1.165) is 44.7 Å². The number of imidazole rings is 1. The predicted octanol–water partition coefficient (Wildman–Crippen LogP) is 5.05. The molecule has 0 radical (unpaired) electrons. The molecule has 3 aliphatic rings. The summed E-state index contributed by atoms with van der Waals surface area (Å²) in [4.78, 5) is 22.3. The zero-order valence-electron chi connectivity index (χ0n) is 23.7. The van der Waals surface area contributed by atoms with Crippen LogP contribution in [-0.4, -0.2) is 82.7 Å². The van der Waals surface area contributed by atoms with Crippen LogP contribution < -0.4 is 0 Å². The van der Waals surface area contributed by atoms with Crippen molar-refractivity contribution in [3.05, 3.63) is 59.2 Å². The molecule has 0 unspecified atom stereocenters.